The van der Waals surface area contributed by atoms with Crippen molar-refractivity contribution in [3.63, 3.8) is 0 Å². The molecule has 9 nitrogen and oxygen atoms in total. The smallest absolute Gasteiger partial charge is 0.282 e. The molecular formula is C27H26BrN5O4. The minimum atomic E-state index is -0.436. The molecule has 3 aromatic carbocycles. The third kappa shape index (κ3) is 5.86. The number of nitro benzene ring substituents is 1. The van der Waals surface area contributed by atoms with Gasteiger partial charge < -0.3 is 9.64 Å². The molecule has 0 bridgehead atoms. The van der Waals surface area contributed by atoms with Crippen LogP contribution in [-0.4, -0.2) is 34.9 Å². The van der Waals surface area contributed by atoms with Gasteiger partial charge >= 0.3 is 0 Å². The van der Waals surface area contributed by atoms with Crippen LogP contribution in [0.2, 0.25) is 0 Å². The van der Waals surface area contributed by atoms with Crippen LogP contribution < -0.4 is 15.2 Å². The van der Waals surface area contributed by atoms with Gasteiger partial charge in [-0.25, -0.2) is 4.98 Å². The third-order valence-electron chi connectivity index (χ3n) is 5.69. The highest BCUT2D eigenvalue weighted by atomic mass is 79.9. The van der Waals surface area contributed by atoms with Crippen LogP contribution in [0.4, 0.5) is 11.4 Å². The minimum Gasteiger partial charge on any atom is -0.488 e. The van der Waals surface area contributed by atoms with Gasteiger partial charge in [-0.2, -0.15) is 9.78 Å². The zero-order valence-electron chi connectivity index (χ0n) is 20.9. The second kappa shape index (κ2) is 10.9. The van der Waals surface area contributed by atoms with Crippen molar-refractivity contribution < 1.29 is 9.66 Å². The van der Waals surface area contributed by atoms with Crippen LogP contribution in [0.3, 0.4) is 0 Å². The van der Waals surface area contributed by atoms with Crippen LogP contribution in [0.1, 0.15) is 36.7 Å². The van der Waals surface area contributed by atoms with E-state index in [-0.39, 0.29) is 23.8 Å². The van der Waals surface area contributed by atoms with Crippen molar-refractivity contribution in [3.8, 4) is 5.75 Å². The maximum atomic E-state index is 13.3. The molecule has 0 atom stereocenters. The van der Waals surface area contributed by atoms with Gasteiger partial charge in [0.05, 0.1) is 22.0 Å². The maximum Gasteiger partial charge on any atom is 0.282 e. The van der Waals surface area contributed by atoms with Gasteiger partial charge in [0.2, 0.25) is 0 Å². The third-order valence-corrected chi connectivity index (χ3v) is 6.18. The molecule has 0 aliphatic carbocycles. The molecule has 10 heteroatoms. The summed E-state index contributed by atoms with van der Waals surface area (Å²) >= 11 is 3.42. The van der Waals surface area contributed by atoms with Crippen LogP contribution >= 0.6 is 15.9 Å². The molecule has 0 saturated heterocycles. The fraction of sp³-hybridized carbons (Fsp3) is 0.222. The van der Waals surface area contributed by atoms with Crippen LogP contribution in [0, 0.1) is 10.1 Å². The summed E-state index contributed by atoms with van der Waals surface area (Å²) in [6.07, 6.45) is 1.57. The number of nitrogens with zero attached hydrogens (tertiary/aromatic N) is 5. The number of hydrogen-bond acceptors (Lipinski definition) is 7. The lowest BCUT2D eigenvalue weighted by atomic mass is 10.1. The fourth-order valence-corrected chi connectivity index (χ4v) is 4.09. The molecule has 1 aromatic heterocycles. The Balaban J connectivity index is 1.74. The predicted molar refractivity (Wildman–Crippen MR) is 149 cm³/mol. The van der Waals surface area contributed by atoms with Gasteiger partial charge in [0.1, 0.15) is 18.2 Å². The number of rotatable bonds is 8. The highest BCUT2D eigenvalue weighted by Crippen LogP contribution is 2.26. The molecule has 37 heavy (non-hydrogen) atoms. The average Bonchev–Trinajstić information content (AvgIpc) is 2.87. The van der Waals surface area contributed by atoms with Crippen LogP contribution in [0.15, 0.2) is 75.0 Å². The van der Waals surface area contributed by atoms with Crippen LogP contribution in [0.5, 0.6) is 5.75 Å². The Morgan fingerprint density at radius 1 is 1.16 bits per heavy atom. The number of halogens is 1. The molecule has 0 spiro atoms. The van der Waals surface area contributed by atoms with Gasteiger partial charge in [-0.15, -0.1) is 0 Å². The monoisotopic (exact) mass is 563 g/mol. The first kappa shape index (κ1) is 26.0. The molecule has 1 heterocycles. The summed E-state index contributed by atoms with van der Waals surface area (Å²) in [5.41, 5.74) is 2.56. The molecule has 0 N–H and O–H groups in total. The lowest BCUT2D eigenvalue weighted by Crippen LogP contribution is -2.23. The van der Waals surface area contributed by atoms with Crippen molar-refractivity contribution in [3.05, 3.63) is 103 Å². The zero-order chi connectivity index (χ0) is 26.7. The van der Waals surface area contributed by atoms with Crippen LogP contribution in [0.25, 0.3) is 10.9 Å². The molecule has 0 unspecified atom stereocenters. The van der Waals surface area contributed by atoms with E-state index < -0.39 is 4.92 Å². The van der Waals surface area contributed by atoms with E-state index in [0.29, 0.717) is 33.6 Å². The summed E-state index contributed by atoms with van der Waals surface area (Å²) in [4.78, 5) is 30.7. The summed E-state index contributed by atoms with van der Waals surface area (Å²) in [6, 6.07) is 17.3. The lowest BCUT2D eigenvalue weighted by molar-refractivity contribution is -0.384. The molecular weight excluding hydrogens is 538 g/mol. The first-order chi connectivity index (χ1) is 17.6. The molecule has 0 saturated carbocycles. The predicted octanol–water partition coefficient (Wildman–Crippen LogP) is 5.72. The van der Waals surface area contributed by atoms with Gasteiger partial charge in [-0.1, -0.05) is 41.9 Å². The Labute approximate surface area is 222 Å². The second-order valence-corrected chi connectivity index (χ2v) is 9.90. The van der Waals surface area contributed by atoms with Crippen molar-refractivity contribution in [2.45, 2.75) is 26.4 Å². The zero-order valence-corrected chi connectivity index (χ0v) is 22.5. The summed E-state index contributed by atoms with van der Waals surface area (Å²) in [5.74, 6) is 1.02. The Bertz CT molecular complexity index is 1560. The SMILES string of the molecule is CC(C)c1nc2ccc(Br)cc2c(=O)n1N=Cc1ccc(N(C)C)cc1OCc1cccc([N+](=O)[O-])c1. The van der Waals surface area contributed by atoms with Gasteiger partial charge in [0, 0.05) is 53.9 Å². The molecule has 0 aliphatic rings. The second-order valence-electron chi connectivity index (χ2n) is 8.98. The van der Waals surface area contributed by atoms with E-state index in [1.165, 1.54) is 16.8 Å². The largest absolute Gasteiger partial charge is 0.488 e. The number of hydrogen-bond donors (Lipinski definition) is 0. The number of non-ortho nitro benzene ring substituents is 1. The summed E-state index contributed by atoms with van der Waals surface area (Å²) in [7, 11) is 3.83. The number of aromatic nitrogens is 2. The van der Waals surface area contributed by atoms with E-state index in [0.717, 1.165) is 10.2 Å². The number of nitro groups is 1. The van der Waals surface area contributed by atoms with E-state index in [2.05, 4.69) is 26.0 Å². The Morgan fingerprint density at radius 3 is 2.65 bits per heavy atom. The quantitative estimate of drug-likeness (QED) is 0.154. The number of anilines is 1. The fourth-order valence-electron chi connectivity index (χ4n) is 3.72. The Kier molecular flexibility index (Phi) is 7.68. The first-order valence-corrected chi connectivity index (χ1v) is 12.4. The normalized spacial score (nSPS) is 11.4. The number of fused-ring (bicyclic) bond motifs is 1. The van der Waals surface area contributed by atoms with E-state index in [4.69, 9.17) is 4.74 Å². The van der Waals surface area contributed by atoms with Gasteiger partial charge in [-0.05, 0) is 35.9 Å². The van der Waals surface area contributed by atoms with Crippen LogP contribution in [-0.2, 0) is 6.61 Å². The van der Waals surface area contributed by atoms with Gasteiger partial charge in [0.15, 0.2) is 0 Å². The molecule has 0 fully saturated rings. The van der Waals surface area contributed by atoms with Crippen molar-refractivity contribution in [2.75, 3.05) is 19.0 Å². The average molecular weight is 564 g/mol. The van der Waals surface area contributed by atoms with Gasteiger partial charge in [-0.3, -0.25) is 14.9 Å². The van der Waals surface area contributed by atoms with E-state index in [1.54, 1.807) is 30.5 Å². The van der Waals surface area contributed by atoms with Crippen molar-refractivity contribution >= 4 is 44.4 Å². The molecule has 0 aliphatic heterocycles. The summed E-state index contributed by atoms with van der Waals surface area (Å²) in [5, 5.41) is 16.1. The first-order valence-electron chi connectivity index (χ1n) is 11.6. The Morgan fingerprint density at radius 2 is 1.95 bits per heavy atom. The van der Waals surface area contributed by atoms with Gasteiger partial charge in [0.25, 0.3) is 11.2 Å². The van der Waals surface area contributed by atoms with E-state index in [1.807, 2.05) is 57.1 Å². The van der Waals surface area contributed by atoms with Crippen molar-refractivity contribution in [1.29, 1.82) is 0 Å². The standard InChI is InChI=1S/C27H26BrN5O4/c1-17(2)26-30-24-11-9-20(28)13-23(24)27(34)32(26)29-15-19-8-10-21(31(3)4)14-25(19)37-16-18-6-5-7-22(12-18)33(35)36/h5-15,17H,16H2,1-4H3. The van der Waals surface area contributed by atoms with E-state index >= 15 is 0 Å². The highest BCUT2D eigenvalue weighted by Gasteiger charge is 2.15. The minimum absolute atomic E-state index is 0.000888. The molecule has 4 rings (SSSR count). The molecule has 0 amide bonds. The molecule has 190 valence electrons. The number of benzene rings is 3. The summed E-state index contributed by atoms with van der Waals surface area (Å²) in [6.45, 7) is 4.04. The number of ether oxygens (including phenoxy) is 1. The van der Waals surface area contributed by atoms with Crippen molar-refractivity contribution in [1.82, 2.24) is 9.66 Å². The molecule has 4 aromatic rings. The lowest BCUT2D eigenvalue weighted by Gasteiger charge is -2.16. The van der Waals surface area contributed by atoms with E-state index in [9.17, 15) is 14.9 Å². The summed E-state index contributed by atoms with van der Waals surface area (Å²) < 4.78 is 8.18. The Hall–Kier alpha value is -4.05. The topological polar surface area (TPSA) is 103 Å². The van der Waals surface area contributed by atoms with Crippen molar-refractivity contribution in [2.24, 2.45) is 5.10 Å². The molecule has 0 radical (unpaired) electrons. The maximum absolute atomic E-state index is 13.3. The highest BCUT2D eigenvalue weighted by molar-refractivity contribution is 9.10.